The van der Waals surface area contributed by atoms with Gasteiger partial charge in [0.1, 0.15) is 6.04 Å². The van der Waals surface area contributed by atoms with Crippen LogP contribution in [-0.4, -0.2) is 47.1 Å². The van der Waals surface area contributed by atoms with Crippen molar-refractivity contribution in [2.24, 2.45) is 5.92 Å². The predicted octanol–water partition coefficient (Wildman–Crippen LogP) is -0.947. The first kappa shape index (κ1) is 12.7. The van der Waals surface area contributed by atoms with Crippen LogP contribution in [0.25, 0.3) is 0 Å². The number of hydrogen-bond acceptors (Lipinski definition) is 5. The molecule has 0 aromatic rings. The topological polar surface area (TPSA) is 78.8 Å². The van der Waals surface area contributed by atoms with Crippen LogP contribution in [0.4, 0.5) is 0 Å². The molecule has 1 heterocycles. The van der Waals surface area contributed by atoms with Gasteiger partial charge in [-0.15, -0.1) is 12.4 Å². The second-order valence-corrected chi connectivity index (χ2v) is 3.88. The van der Waals surface area contributed by atoms with Crippen molar-refractivity contribution in [1.82, 2.24) is 5.32 Å². The van der Waals surface area contributed by atoms with Crippen LogP contribution in [0.3, 0.4) is 0 Å². The van der Waals surface area contributed by atoms with E-state index in [1.54, 1.807) is 6.92 Å². The molecule has 3 N–H and O–H groups in total. The van der Waals surface area contributed by atoms with E-state index in [1.807, 2.05) is 0 Å². The van der Waals surface area contributed by atoms with Crippen molar-refractivity contribution in [1.29, 1.82) is 0 Å². The molecule has 1 saturated heterocycles. The van der Waals surface area contributed by atoms with Crippen LogP contribution in [-0.2, 0) is 9.53 Å². The Labute approximate surface area is 94.2 Å². The maximum Gasteiger partial charge on any atom is 0.323 e. The van der Waals surface area contributed by atoms with Crippen LogP contribution in [0.1, 0.15) is 13.3 Å². The number of aliphatic hydroxyl groups excluding tert-OH is 2. The number of carbonyl (C=O) groups excluding carboxylic acids is 1. The van der Waals surface area contributed by atoms with Gasteiger partial charge >= 0.3 is 5.97 Å². The van der Waals surface area contributed by atoms with E-state index < -0.39 is 18.2 Å². The minimum atomic E-state index is -0.626. The zero-order valence-electron chi connectivity index (χ0n) is 8.42. The Morgan fingerprint density at radius 1 is 1.53 bits per heavy atom. The summed E-state index contributed by atoms with van der Waals surface area (Å²) in [6.45, 7) is 2.09. The van der Waals surface area contributed by atoms with E-state index >= 15 is 0 Å². The number of esters is 1. The van der Waals surface area contributed by atoms with Crippen molar-refractivity contribution in [2.75, 3.05) is 6.61 Å². The standard InChI is InChI=1S/C9H15NO4.ClH/c1-2-14-9(13)6-4-3-5(11)7(10-6)8(4)12;/h4-8,10-12H,2-3H2,1H3;1H/t4?,5-,6+,7?,8?;/m1./s1. The summed E-state index contributed by atoms with van der Waals surface area (Å²) in [5.41, 5.74) is 0. The molecule has 1 aliphatic heterocycles. The molecule has 1 saturated carbocycles. The molecule has 2 rings (SSSR count). The Morgan fingerprint density at radius 2 is 2.20 bits per heavy atom. The number of rotatable bonds is 2. The first-order valence-corrected chi connectivity index (χ1v) is 4.94. The third-order valence-electron chi connectivity index (χ3n) is 3.08. The van der Waals surface area contributed by atoms with Crippen molar-refractivity contribution in [3.8, 4) is 0 Å². The van der Waals surface area contributed by atoms with Crippen molar-refractivity contribution in [2.45, 2.75) is 37.6 Å². The molecule has 3 unspecified atom stereocenters. The quantitative estimate of drug-likeness (QED) is 0.540. The van der Waals surface area contributed by atoms with E-state index in [0.29, 0.717) is 13.0 Å². The number of aliphatic hydroxyl groups is 2. The zero-order chi connectivity index (χ0) is 10.3. The predicted molar refractivity (Wildman–Crippen MR) is 54.7 cm³/mol. The summed E-state index contributed by atoms with van der Waals surface area (Å²) >= 11 is 0. The van der Waals surface area contributed by atoms with Crippen LogP contribution in [0.2, 0.25) is 0 Å². The summed E-state index contributed by atoms with van der Waals surface area (Å²) in [7, 11) is 0. The first-order valence-electron chi connectivity index (χ1n) is 4.94. The Balaban J connectivity index is 0.00000112. The van der Waals surface area contributed by atoms with Crippen molar-refractivity contribution < 1.29 is 19.7 Å². The SMILES string of the molecule is CCOC(=O)[C@H]1NC2C(O)C1C[C@H]2O.Cl. The molecule has 5 nitrogen and oxygen atoms in total. The largest absolute Gasteiger partial charge is 0.465 e. The molecule has 0 spiro atoms. The average molecular weight is 238 g/mol. The van der Waals surface area contributed by atoms with Crippen LogP contribution >= 0.6 is 12.4 Å². The van der Waals surface area contributed by atoms with E-state index in [2.05, 4.69) is 5.32 Å². The van der Waals surface area contributed by atoms with Gasteiger partial charge in [-0.25, -0.2) is 0 Å². The number of nitrogens with one attached hydrogen (secondary N) is 1. The number of fused-ring (bicyclic) bond motifs is 2. The van der Waals surface area contributed by atoms with Gasteiger partial charge in [0.05, 0.1) is 24.9 Å². The second kappa shape index (κ2) is 4.65. The molecule has 2 bridgehead atoms. The molecular weight excluding hydrogens is 222 g/mol. The molecule has 0 aromatic carbocycles. The normalized spacial score (nSPS) is 42.5. The molecule has 6 heteroatoms. The second-order valence-electron chi connectivity index (χ2n) is 3.88. The summed E-state index contributed by atoms with van der Waals surface area (Å²) in [5.74, 6) is -0.528. The van der Waals surface area contributed by atoms with Gasteiger partial charge < -0.3 is 14.9 Å². The Hall–Kier alpha value is -0.360. The van der Waals surface area contributed by atoms with Crippen LogP contribution in [0.5, 0.6) is 0 Å². The van der Waals surface area contributed by atoms with Gasteiger partial charge in [-0.3, -0.25) is 10.1 Å². The summed E-state index contributed by atoms with van der Waals surface area (Å²) in [5, 5.41) is 22.0. The fourth-order valence-electron chi connectivity index (χ4n) is 2.41. The van der Waals surface area contributed by atoms with Gasteiger partial charge in [0.25, 0.3) is 0 Å². The van der Waals surface area contributed by atoms with Gasteiger partial charge in [-0.2, -0.15) is 0 Å². The fraction of sp³-hybridized carbons (Fsp3) is 0.889. The summed E-state index contributed by atoms with van der Waals surface area (Å²) in [6, 6.07) is -0.812. The van der Waals surface area contributed by atoms with E-state index in [0.717, 1.165) is 0 Å². The third kappa shape index (κ3) is 1.97. The Morgan fingerprint density at radius 3 is 2.60 bits per heavy atom. The lowest BCUT2D eigenvalue weighted by molar-refractivity contribution is -0.147. The highest BCUT2D eigenvalue weighted by atomic mass is 35.5. The number of carbonyl (C=O) groups is 1. The lowest BCUT2D eigenvalue weighted by atomic mass is 9.98. The first-order chi connectivity index (χ1) is 6.65. The van der Waals surface area contributed by atoms with Crippen molar-refractivity contribution in [3.05, 3.63) is 0 Å². The highest BCUT2D eigenvalue weighted by molar-refractivity contribution is 5.85. The molecule has 0 amide bonds. The highest BCUT2D eigenvalue weighted by Gasteiger charge is 2.54. The van der Waals surface area contributed by atoms with Gasteiger partial charge in [-0.1, -0.05) is 0 Å². The van der Waals surface area contributed by atoms with Crippen LogP contribution < -0.4 is 5.32 Å². The average Bonchev–Trinajstić information content (AvgIpc) is 2.58. The summed E-state index contributed by atoms with van der Waals surface area (Å²) in [6.07, 6.45) is -0.692. The smallest absolute Gasteiger partial charge is 0.323 e. The van der Waals surface area contributed by atoms with E-state index in [4.69, 9.17) is 4.74 Å². The maximum atomic E-state index is 11.4. The monoisotopic (exact) mass is 237 g/mol. The maximum absolute atomic E-state index is 11.4. The van der Waals surface area contributed by atoms with Gasteiger partial charge in [0, 0.05) is 5.92 Å². The number of halogens is 1. The Bertz CT molecular complexity index is 250. The van der Waals surface area contributed by atoms with Crippen LogP contribution in [0, 0.1) is 5.92 Å². The highest BCUT2D eigenvalue weighted by Crippen LogP contribution is 2.36. The minimum absolute atomic E-state index is 0. The number of ether oxygens (including phenoxy) is 1. The van der Waals surface area contributed by atoms with E-state index in [9.17, 15) is 15.0 Å². The summed E-state index contributed by atoms with van der Waals surface area (Å²) < 4.78 is 4.87. The van der Waals surface area contributed by atoms with Crippen LogP contribution in [0.15, 0.2) is 0 Å². The molecule has 0 aromatic heterocycles. The minimum Gasteiger partial charge on any atom is -0.465 e. The number of piperidine rings is 1. The molecule has 0 radical (unpaired) electrons. The molecule has 15 heavy (non-hydrogen) atoms. The molecular formula is C9H16ClNO4. The molecule has 5 atom stereocenters. The lowest BCUT2D eigenvalue weighted by Gasteiger charge is -2.23. The van der Waals surface area contributed by atoms with Gasteiger partial charge in [0.15, 0.2) is 0 Å². The lowest BCUT2D eigenvalue weighted by Crippen LogP contribution is -2.48. The van der Waals surface area contributed by atoms with Gasteiger partial charge in [0.2, 0.25) is 0 Å². The van der Waals surface area contributed by atoms with Crippen molar-refractivity contribution >= 4 is 18.4 Å². The molecule has 1 aliphatic carbocycles. The van der Waals surface area contributed by atoms with Gasteiger partial charge in [-0.05, 0) is 13.3 Å². The molecule has 2 fully saturated rings. The fourth-order valence-corrected chi connectivity index (χ4v) is 2.41. The number of hydrogen-bond donors (Lipinski definition) is 3. The third-order valence-corrected chi connectivity index (χ3v) is 3.08. The Kier molecular flexibility index (Phi) is 3.94. The van der Waals surface area contributed by atoms with Crippen molar-refractivity contribution in [3.63, 3.8) is 0 Å². The zero-order valence-corrected chi connectivity index (χ0v) is 9.24. The molecule has 2 aliphatic rings. The molecule has 88 valence electrons. The van der Waals surface area contributed by atoms with E-state index in [-0.39, 0.29) is 30.3 Å². The summed E-state index contributed by atoms with van der Waals surface area (Å²) in [4.78, 5) is 11.4. The van der Waals surface area contributed by atoms with E-state index in [1.165, 1.54) is 0 Å².